The molecule has 22 heavy (non-hydrogen) atoms. The number of aliphatic imine (C=N–C) groups is 1. The summed E-state index contributed by atoms with van der Waals surface area (Å²) in [5.41, 5.74) is 0.159. The third-order valence-corrected chi connectivity index (χ3v) is 3.28. The lowest BCUT2D eigenvalue weighted by molar-refractivity contribution is -0.384. The van der Waals surface area contributed by atoms with E-state index in [2.05, 4.69) is 20.9 Å². The van der Waals surface area contributed by atoms with Crippen LogP contribution in [0.2, 0.25) is 0 Å². The molecule has 120 valence electrons. The number of carbonyl (C=O) groups excluding carboxylic acids is 1. The Labute approximate surface area is 127 Å². The van der Waals surface area contributed by atoms with Crippen molar-refractivity contribution in [3.05, 3.63) is 28.1 Å². The smallest absolute Gasteiger partial charge is 0.287 e. The van der Waals surface area contributed by atoms with Crippen LogP contribution in [-0.4, -0.2) is 47.0 Å². The van der Waals surface area contributed by atoms with Crippen molar-refractivity contribution in [3.63, 3.8) is 0 Å². The minimum absolute atomic E-state index is 0.0106. The maximum atomic E-state index is 12.1. The highest BCUT2D eigenvalue weighted by molar-refractivity contribution is 5.93. The zero-order valence-corrected chi connectivity index (χ0v) is 12.6. The van der Waals surface area contributed by atoms with Crippen molar-refractivity contribution in [1.82, 2.24) is 20.5 Å². The summed E-state index contributed by atoms with van der Waals surface area (Å²) >= 11 is 0. The molecular formula is C13H20N6O3. The second-order valence-corrected chi connectivity index (χ2v) is 5.22. The van der Waals surface area contributed by atoms with E-state index < -0.39 is 4.92 Å². The van der Waals surface area contributed by atoms with Crippen LogP contribution >= 0.6 is 0 Å². The van der Waals surface area contributed by atoms with E-state index >= 15 is 0 Å². The molecule has 9 heteroatoms. The number of nitrogens with zero attached hydrogens (tertiary/aromatic N) is 3. The molecule has 9 nitrogen and oxygen atoms in total. The highest BCUT2D eigenvalue weighted by atomic mass is 16.6. The molecule has 0 spiro atoms. The summed E-state index contributed by atoms with van der Waals surface area (Å²) in [7, 11) is 1.60. The van der Waals surface area contributed by atoms with Crippen LogP contribution in [0.25, 0.3) is 0 Å². The van der Waals surface area contributed by atoms with Gasteiger partial charge in [-0.3, -0.25) is 19.9 Å². The molecule has 0 aliphatic carbocycles. The molecule has 2 heterocycles. The molecule has 1 amide bonds. The van der Waals surface area contributed by atoms with Gasteiger partial charge in [-0.05, 0) is 13.3 Å². The van der Waals surface area contributed by atoms with Crippen molar-refractivity contribution in [2.75, 3.05) is 19.6 Å². The Balaban J connectivity index is 1.86. The van der Waals surface area contributed by atoms with E-state index in [1.54, 1.807) is 7.05 Å². The summed E-state index contributed by atoms with van der Waals surface area (Å²) in [5, 5.41) is 19.8. The number of aryl methyl sites for hydroxylation is 1. The molecule has 0 radical (unpaired) electrons. The summed E-state index contributed by atoms with van der Waals surface area (Å²) < 4.78 is 1.44. The summed E-state index contributed by atoms with van der Waals surface area (Å²) in [6.07, 6.45) is 2.33. The largest absolute Gasteiger partial charge is 0.356 e. The molecule has 1 atom stereocenters. The van der Waals surface area contributed by atoms with Crippen molar-refractivity contribution in [2.45, 2.75) is 19.4 Å². The fourth-order valence-electron chi connectivity index (χ4n) is 2.12. The summed E-state index contributed by atoms with van der Waals surface area (Å²) in [6, 6.07) is 1.25. The van der Waals surface area contributed by atoms with Gasteiger partial charge in [0.25, 0.3) is 11.6 Å². The van der Waals surface area contributed by atoms with Crippen LogP contribution in [0.5, 0.6) is 0 Å². The van der Waals surface area contributed by atoms with Gasteiger partial charge in [0.15, 0.2) is 5.96 Å². The fraction of sp³-hybridized carbons (Fsp3) is 0.538. The number of hydrogen-bond donors (Lipinski definition) is 3. The number of guanidine groups is 1. The SMILES string of the molecule is CC(CNC(=O)c1cc([N+](=O)[O-])cn1C)NC1=NCCCN1. The van der Waals surface area contributed by atoms with E-state index in [9.17, 15) is 14.9 Å². The van der Waals surface area contributed by atoms with Crippen molar-refractivity contribution in [3.8, 4) is 0 Å². The van der Waals surface area contributed by atoms with Gasteiger partial charge in [0.2, 0.25) is 0 Å². The van der Waals surface area contributed by atoms with Gasteiger partial charge in [0, 0.05) is 38.8 Å². The van der Waals surface area contributed by atoms with Crippen LogP contribution in [0.1, 0.15) is 23.8 Å². The van der Waals surface area contributed by atoms with Crippen molar-refractivity contribution in [2.24, 2.45) is 12.0 Å². The molecule has 1 aromatic rings. The van der Waals surface area contributed by atoms with Crippen LogP contribution in [0.15, 0.2) is 17.3 Å². The van der Waals surface area contributed by atoms with Crippen molar-refractivity contribution >= 4 is 17.6 Å². The van der Waals surface area contributed by atoms with Gasteiger partial charge in [-0.25, -0.2) is 0 Å². The van der Waals surface area contributed by atoms with E-state index in [4.69, 9.17) is 0 Å². The average molecular weight is 308 g/mol. The molecule has 2 rings (SSSR count). The third-order valence-electron chi connectivity index (χ3n) is 3.28. The lowest BCUT2D eigenvalue weighted by Gasteiger charge is -2.21. The molecule has 0 saturated carbocycles. The Hall–Kier alpha value is -2.58. The van der Waals surface area contributed by atoms with Gasteiger partial charge in [0.05, 0.1) is 11.1 Å². The minimum Gasteiger partial charge on any atom is -0.356 e. The molecule has 1 aliphatic rings. The molecule has 0 bridgehead atoms. The van der Waals surface area contributed by atoms with Crippen LogP contribution < -0.4 is 16.0 Å². The normalized spacial score (nSPS) is 15.5. The zero-order chi connectivity index (χ0) is 16.1. The van der Waals surface area contributed by atoms with E-state index in [0.29, 0.717) is 6.54 Å². The van der Waals surface area contributed by atoms with Crippen LogP contribution in [0.4, 0.5) is 5.69 Å². The molecule has 3 N–H and O–H groups in total. The molecule has 1 unspecified atom stereocenters. The predicted octanol–water partition coefficient (Wildman–Crippen LogP) is -0.00950. The first-order valence-corrected chi connectivity index (χ1v) is 7.11. The first-order chi connectivity index (χ1) is 10.5. The fourth-order valence-corrected chi connectivity index (χ4v) is 2.12. The zero-order valence-electron chi connectivity index (χ0n) is 12.6. The van der Waals surface area contributed by atoms with Gasteiger partial charge < -0.3 is 20.5 Å². The van der Waals surface area contributed by atoms with E-state index in [0.717, 1.165) is 25.5 Å². The maximum Gasteiger partial charge on any atom is 0.287 e. The van der Waals surface area contributed by atoms with Crippen LogP contribution in [0.3, 0.4) is 0 Å². The number of nitro groups is 1. The predicted molar refractivity (Wildman–Crippen MR) is 81.9 cm³/mol. The van der Waals surface area contributed by atoms with Crippen LogP contribution in [0, 0.1) is 10.1 Å². The molecule has 0 saturated heterocycles. The second kappa shape index (κ2) is 6.92. The molecule has 1 aromatic heterocycles. The Morgan fingerprint density at radius 1 is 1.64 bits per heavy atom. The minimum atomic E-state index is -0.520. The number of aromatic nitrogens is 1. The molecule has 0 aromatic carbocycles. The van der Waals surface area contributed by atoms with Gasteiger partial charge >= 0.3 is 0 Å². The number of amides is 1. The maximum absolute atomic E-state index is 12.1. The number of carbonyl (C=O) groups is 1. The van der Waals surface area contributed by atoms with E-state index in [1.165, 1.54) is 16.8 Å². The van der Waals surface area contributed by atoms with Crippen molar-refractivity contribution < 1.29 is 9.72 Å². The summed E-state index contributed by atoms with van der Waals surface area (Å²) in [6.45, 7) is 3.99. The van der Waals surface area contributed by atoms with Crippen molar-refractivity contribution in [1.29, 1.82) is 0 Å². The Morgan fingerprint density at radius 2 is 2.41 bits per heavy atom. The summed E-state index contributed by atoms with van der Waals surface area (Å²) in [4.78, 5) is 26.6. The van der Waals surface area contributed by atoms with E-state index in [1.807, 2.05) is 6.92 Å². The topological polar surface area (TPSA) is 114 Å². The number of nitrogens with one attached hydrogen (secondary N) is 3. The van der Waals surface area contributed by atoms with E-state index in [-0.39, 0.29) is 23.3 Å². The Bertz CT molecular complexity index is 595. The lowest BCUT2D eigenvalue weighted by Crippen LogP contribution is -2.48. The highest BCUT2D eigenvalue weighted by Gasteiger charge is 2.18. The quantitative estimate of drug-likeness (QED) is 0.523. The molecule has 0 fully saturated rings. The first kappa shape index (κ1) is 15.8. The van der Waals surface area contributed by atoms with Gasteiger partial charge in [-0.2, -0.15) is 0 Å². The number of rotatable bonds is 5. The second-order valence-electron chi connectivity index (χ2n) is 5.22. The molecule has 1 aliphatic heterocycles. The standard InChI is InChI=1S/C13H20N6O3/c1-9(17-13-14-4-3-5-15-13)7-16-12(20)11-6-10(19(21)22)8-18(11)2/h6,8-9H,3-5,7H2,1-2H3,(H,16,20)(H2,14,15,17). The Morgan fingerprint density at radius 3 is 3.00 bits per heavy atom. The Kier molecular flexibility index (Phi) is 4.97. The average Bonchev–Trinajstić information content (AvgIpc) is 2.88. The highest BCUT2D eigenvalue weighted by Crippen LogP contribution is 2.14. The lowest BCUT2D eigenvalue weighted by atomic mass is 10.3. The monoisotopic (exact) mass is 308 g/mol. The van der Waals surface area contributed by atoms with Gasteiger partial charge in [-0.1, -0.05) is 0 Å². The first-order valence-electron chi connectivity index (χ1n) is 7.11. The van der Waals surface area contributed by atoms with Gasteiger partial charge in [0.1, 0.15) is 5.69 Å². The molecular weight excluding hydrogens is 288 g/mol. The van der Waals surface area contributed by atoms with Gasteiger partial charge in [-0.15, -0.1) is 0 Å². The summed E-state index contributed by atoms with van der Waals surface area (Å²) in [5.74, 6) is 0.394. The van der Waals surface area contributed by atoms with Crippen LogP contribution in [-0.2, 0) is 7.05 Å². The third kappa shape index (κ3) is 3.96. The number of hydrogen-bond acceptors (Lipinski definition) is 6.